The van der Waals surface area contributed by atoms with Crippen LogP contribution in [0.4, 0.5) is 10.8 Å². The second-order valence-electron chi connectivity index (χ2n) is 3.54. The van der Waals surface area contributed by atoms with Crippen LogP contribution in [-0.4, -0.2) is 23.1 Å². The summed E-state index contributed by atoms with van der Waals surface area (Å²) in [5.41, 5.74) is 1.47. The minimum atomic E-state index is -1.04. The number of carboxylic acids is 1. The second-order valence-corrected chi connectivity index (χ2v) is 4.37. The predicted octanol–water partition coefficient (Wildman–Crippen LogP) is 2.48. The molecule has 0 aliphatic rings. The number of benzene rings is 1. The summed E-state index contributed by atoms with van der Waals surface area (Å²) in [5.74, 6) is -1.04. The third-order valence-corrected chi connectivity index (χ3v) is 3.30. The summed E-state index contributed by atoms with van der Waals surface area (Å²) in [4.78, 5) is 16.5. The van der Waals surface area contributed by atoms with Crippen molar-refractivity contribution in [2.45, 2.75) is 0 Å². The van der Waals surface area contributed by atoms with Crippen LogP contribution in [0.3, 0.4) is 0 Å². The van der Waals surface area contributed by atoms with Crippen molar-refractivity contribution in [1.82, 2.24) is 4.98 Å². The van der Waals surface area contributed by atoms with E-state index in [1.54, 1.807) is 36.2 Å². The van der Waals surface area contributed by atoms with E-state index in [0.717, 1.165) is 5.69 Å². The van der Waals surface area contributed by atoms with Gasteiger partial charge in [0.2, 0.25) is 0 Å². The lowest BCUT2D eigenvalue weighted by Crippen LogP contribution is -2.09. The van der Waals surface area contributed by atoms with Crippen LogP contribution in [0.5, 0.6) is 0 Å². The van der Waals surface area contributed by atoms with E-state index < -0.39 is 5.97 Å². The molecule has 0 atom stereocenters. The molecule has 0 radical (unpaired) electrons. The summed E-state index contributed by atoms with van der Waals surface area (Å²) in [6.45, 7) is 0. The normalized spacial score (nSPS) is 9.78. The Bertz CT molecular complexity index is 613. The number of nitriles is 1. The van der Waals surface area contributed by atoms with Gasteiger partial charge in [-0.05, 0) is 24.3 Å². The molecule has 1 aromatic carbocycles. The molecule has 1 aromatic heterocycles. The highest BCUT2D eigenvalue weighted by Crippen LogP contribution is 2.26. The summed E-state index contributed by atoms with van der Waals surface area (Å²) in [5, 5.41) is 19.6. The van der Waals surface area contributed by atoms with Gasteiger partial charge in [-0.25, -0.2) is 9.78 Å². The van der Waals surface area contributed by atoms with E-state index in [1.165, 1.54) is 16.7 Å². The van der Waals surface area contributed by atoms with E-state index in [9.17, 15) is 4.79 Å². The Morgan fingerprint density at radius 3 is 2.61 bits per heavy atom. The molecule has 0 aliphatic carbocycles. The number of carboxylic acid groups (broad SMARTS) is 1. The molecular formula is C12H9N3O2S. The lowest BCUT2D eigenvalue weighted by Gasteiger charge is -2.15. The van der Waals surface area contributed by atoms with Gasteiger partial charge in [-0.2, -0.15) is 5.26 Å². The molecule has 0 unspecified atom stereocenters. The highest BCUT2D eigenvalue weighted by atomic mass is 32.1. The molecular weight excluding hydrogens is 250 g/mol. The smallest absolute Gasteiger partial charge is 0.355 e. The van der Waals surface area contributed by atoms with Crippen LogP contribution in [0, 0.1) is 11.3 Å². The first kappa shape index (κ1) is 12.1. The lowest BCUT2D eigenvalue weighted by atomic mass is 10.2. The largest absolute Gasteiger partial charge is 0.476 e. The first-order chi connectivity index (χ1) is 8.61. The van der Waals surface area contributed by atoms with Gasteiger partial charge < -0.3 is 10.0 Å². The van der Waals surface area contributed by atoms with Crippen LogP contribution < -0.4 is 4.90 Å². The third kappa shape index (κ3) is 2.31. The fourth-order valence-electron chi connectivity index (χ4n) is 1.39. The van der Waals surface area contributed by atoms with E-state index in [0.29, 0.717) is 10.7 Å². The van der Waals surface area contributed by atoms with Crippen molar-refractivity contribution in [2.24, 2.45) is 0 Å². The number of carbonyl (C=O) groups is 1. The van der Waals surface area contributed by atoms with Gasteiger partial charge in [0.25, 0.3) is 0 Å². The summed E-state index contributed by atoms with van der Waals surface area (Å²) < 4.78 is 0. The number of nitrogens with zero attached hydrogens (tertiary/aromatic N) is 3. The van der Waals surface area contributed by atoms with Crippen molar-refractivity contribution in [1.29, 1.82) is 5.26 Å². The van der Waals surface area contributed by atoms with Crippen LogP contribution in [0.2, 0.25) is 0 Å². The van der Waals surface area contributed by atoms with Crippen molar-refractivity contribution in [3.8, 4) is 6.07 Å². The highest BCUT2D eigenvalue weighted by Gasteiger charge is 2.12. The Kier molecular flexibility index (Phi) is 3.26. The van der Waals surface area contributed by atoms with E-state index in [4.69, 9.17) is 10.4 Å². The fraction of sp³-hybridized carbons (Fsp3) is 0.0833. The number of anilines is 2. The quantitative estimate of drug-likeness (QED) is 0.916. The van der Waals surface area contributed by atoms with E-state index in [1.807, 2.05) is 6.07 Å². The van der Waals surface area contributed by atoms with Gasteiger partial charge in [0.15, 0.2) is 10.8 Å². The van der Waals surface area contributed by atoms with Gasteiger partial charge in [-0.1, -0.05) is 0 Å². The van der Waals surface area contributed by atoms with Crippen LogP contribution in [-0.2, 0) is 0 Å². The Hall–Kier alpha value is -2.39. The molecule has 0 saturated heterocycles. The van der Waals surface area contributed by atoms with E-state index in [2.05, 4.69) is 4.98 Å². The van der Waals surface area contributed by atoms with E-state index >= 15 is 0 Å². The molecule has 5 nitrogen and oxygen atoms in total. The average molecular weight is 259 g/mol. The Morgan fingerprint density at radius 1 is 1.44 bits per heavy atom. The van der Waals surface area contributed by atoms with Gasteiger partial charge >= 0.3 is 5.97 Å². The zero-order valence-electron chi connectivity index (χ0n) is 9.49. The van der Waals surface area contributed by atoms with Crippen molar-refractivity contribution in [2.75, 3.05) is 11.9 Å². The molecule has 6 heteroatoms. The van der Waals surface area contributed by atoms with Gasteiger partial charge in [0, 0.05) is 18.1 Å². The van der Waals surface area contributed by atoms with E-state index in [-0.39, 0.29) is 5.69 Å². The minimum absolute atomic E-state index is 0.0375. The van der Waals surface area contributed by atoms with Crippen LogP contribution >= 0.6 is 11.3 Å². The molecule has 2 rings (SSSR count). The number of hydrogen-bond donors (Lipinski definition) is 1. The second kappa shape index (κ2) is 4.85. The molecule has 0 spiro atoms. The van der Waals surface area contributed by atoms with Crippen molar-refractivity contribution < 1.29 is 9.90 Å². The van der Waals surface area contributed by atoms with Crippen LogP contribution in [0.15, 0.2) is 29.6 Å². The zero-order valence-corrected chi connectivity index (χ0v) is 10.3. The summed E-state index contributed by atoms with van der Waals surface area (Å²) in [7, 11) is 1.80. The summed E-state index contributed by atoms with van der Waals surface area (Å²) in [6.07, 6.45) is 0. The maximum Gasteiger partial charge on any atom is 0.355 e. The Morgan fingerprint density at radius 2 is 2.11 bits per heavy atom. The van der Waals surface area contributed by atoms with Crippen molar-refractivity contribution in [3.05, 3.63) is 40.9 Å². The van der Waals surface area contributed by atoms with Gasteiger partial charge in [0.1, 0.15) is 0 Å². The van der Waals surface area contributed by atoms with Crippen LogP contribution in [0.25, 0.3) is 0 Å². The molecule has 0 bridgehead atoms. The SMILES string of the molecule is CN(c1ccc(C#N)cc1)c1nc(C(=O)O)cs1. The van der Waals surface area contributed by atoms with Gasteiger partial charge in [0.05, 0.1) is 11.6 Å². The Labute approximate surface area is 108 Å². The standard InChI is InChI=1S/C12H9N3O2S/c1-15(9-4-2-8(6-13)3-5-9)12-14-10(7-18-12)11(16)17/h2-5,7H,1H3,(H,16,17). The minimum Gasteiger partial charge on any atom is -0.476 e. The first-order valence-corrected chi connectivity index (χ1v) is 5.92. The van der Waals surface area contributed by atoms with Gasteiger partial charge in [-0.3, -0.25) is 0 Å². The number of hydrogen-bond acceptors (Lipinski definition) is 5. The highest BCUT2D eigenvalue weighted by molar-refractivity contribution is 7.14. The molecule has 90 valence electrons. The fourth-order valence-corrected chi connectivity index (χ4v) is 2.17. The maximum atomic E-state index is 10.7. The van der Waals surface area contributed by atoms with Crippen LogP contribution in [0.1, 0.15) is 16.1 Å². The van der Waals surface area contributed by atoms with Crippen molar-refractivity contribution in [3.63, 3.8) is 0 Å². The topological polar surface area (TPSA) is 77.2 Å². The number of thiazole rings is 1. The lowest BCUT2D eigenvalue weighted by molar-refractivity contribution is 0.0691. The molecule has 0 fully saturated rings. The average Bonchev–Trinajstić information content (AvgIpc) is 2.88. The predicted molar refractivity (Wildman–Crippen MR) is 68.3 cm³/mol. The molecule has 0 saturated carbocycles. The zero-order chi connectivity index (χ0) is 13.1. The first-order valence-electron chi connectivity index (χ1n) is 5.04. The molecule has 2 aromatic rings. The molecule has 0 amide bonds. The summed E-state index contributed by atoms with van der Waals surface area (Å²) >= 11 is 1.26. The summed E-state index contributed by atoms with van der Waals surface area (Å²) in [6, 6.07) is 9.04. The Balaban J connectivity index is 2.26. The van der Waals surface area contributed by atoms with Crippen molar-refractivity contribution >= 4 is 28.1 Å². The number of aromatic carboxylic acids is 1. The maximum absolute atomic E-state index is 10.7. The monoisotopic (exact) mass is 259 g/mol. The third-order valence-electron chi connectivity index (χ3n) is 2.38. The molecule has 1 N–H and O–H groups in total. The molecule has 0 aliphatic heterocycles. The number of aromatic nitrogens is 1. The molecule has 18 heavy (non-hydrogen) atoms. The van der Waals surface area contributed by atoms with Gasteiger partial charge in [-0.15, -0.1) is 11.3 Å². The number of rotatable bonds is 3. The molecule has 1 heterocycles.